The number of hydrogen-bond acceptors (Lipinski definition) is 3. The maximum atomic E-state index is 6.73. The van der Waals surface area contributed by atoms with E-state index in [-0.39, 0.29) is 11.2 Å². The molecule has 0 bridgehead atoms. The molecule has 116 valence electrons. The molecule has 0 amide bonds. The van der Waals surface area contributed by atoms with Crippen LogP contribution in [-0.4, -0.2) is 31.4 Å². The molecular formula is C18H27NO2. The Morgan fingerprint density at radius 3 is 2.71 bits per heavy atom. The number of aryl methyl sites for hydroxylation is 1. The second-order valence-corrected chi connectivity index (χ2v) is 6.59. The topological polar surface area (TPSA) is 30.5 Å². The molecule has 3 nitrogen and oxygen atoms in total. The second kappa shape index (κ2) is 5.62. The lowest BCUT2D eigenvalue weighted by molar-refractivity contribution is -0.186. The quantitative estimate of drug-likeness (QED) is 0.927. The predicted octanol–water partition coefficient (Wildman–Crippen LogP) is 3.10. The number of ether oxygens (including phenoxy) is 2. The zero-order valence-corrected chi connectivity index (χ0v) is 13.5. The third kappa shape index (κ3) is 2.69. The Morgan fingerprint density at radius 1 is 1.19 bits per heavy atom. The van der Waals surface area contributed by atoms with Gasteiger partial charge in [0.2, 0.25) is 0 Å². The van der Waals surface area contributed by atoms with E-state index in [2.05, 4.69) is 37.4 Å². The Balaban J connectivity index is 1.86. The van der Waals surface area contributed by atoms with Gasteiger partial charge in [0, 0.05) is 19.5 Å². The van der Waals surface area contributed by atoms with E-state index >= 15 is 0 Å². The number of nitrogens with one attached hydrogen (secondary N) is 1. The molecule has 3 rings (SSSR count). The molecule has 1 heterocycles. The second-order valence-electron chi connectivity index (χ2n) is 6.59. The van der Waals surface area contributed by atoms with Crippen molar-refractivity contribution in [1.82, 2.24) is 5.32 Å². The highest BCUT2D eigenvalue weighted by molar-refractivity contribution is 5.39. The van der Waals surface area contributed by atoms with E-state index < -0.39 is 0 Å². The standard InChI is InChI=1S/C18H27NO2/c1-4-17(5-2)12-19-13-18(21-17)9-8-14-6-7-16(20-3)10-15(14)11-18/h6-7,10,19H,4-5,8-9,11-13H2,1-3H3. The van der Waals surface area contributed by atoms with E-state index in [1.807, 2.05) is 0 Å². The number of fused-ring (bicyclic) bond motifs is 1. The summed E-state index contributed by atoms with van der Waals surface area (Å²) in [6.07, 6.45) is 5.35. The van der Waals surface area contributed by atoms with Gasteiger partial charge >= 0.3 is 0 Å². The number of hydrogen-bond donors (Lipinski definition) is 1. The maximum Gasteiger partial charge on any atom is 0.119 e. The van der Waals surface area contributed by atoms with Crippen molar-refractivity contribution in [1.29, 1.82) is 0 Å². The molecule has 2 aliphatic rings. The van der Waals surface area contributed by atoms with Crippen LogP contribution in [0.2, 0.25) is 0 Å². The molecule has 0 saturated carbocycles. The molecule has 1 fully saturated rings. The van der Waals surface area contributed by atoms with Crippen molar-refractivity contribution in [2.75, 3.05) is 20.2 Å². The van der Waals surface area contributed by atoms with Gasteiger partial charge in [-0.1, -0.05) is 19.9 Å². The molecule has 0 radical (unpaired) electrons. The van der Waals surface area contributed by atoms with E-state index in [9.17, 15) is 0 Å². The summed E-state index contributed by atoms with van der Waals surface area (Å²) in [6, 6.07) is 6.47. The van der Waals surface area contributed by atoms with Gasteiger partial charge in [-0.3, -0.25) is 0 Å². The molecule has 1 N–H and O–H groups in total. The first-order valence-corrected chi connectivity index (χ1v) is 8.21. The summed E-state index contributed by atoms with van der Waals surface area (Å²) >= 11 is 0. The SMILES string of the molecule is CCC1(CC)CNCC2(CCc3ccc(OC)cc3C2)O1. The van der Waals surface area contributed by atoms with Gasteiger partial charge in [-0.05, 0) is 48.9 Å². The summed E-state index contributed by atoms with van der Waals surface area (Å²) in [6.45, 7) is 6.42. The van der Waals surface area contributed by atoms with Gasteiger partial charge in [-0.15, -0.1) is 0 Å². The average Bonchev–Trinajstić information content (AvgIpc) is 2.54. The van der Waals surface area contributed by atoms with Crippen LogP contribution in [0, 0.1) is 0 Å². The molecule has 1 aliphatic carbocycles. The van der Waals surface area contributed by atoms with Crippen molar-refractivity contribution in [3.8, 4) is 5.75 Å². The van der Waals surface area contributed by atoms with Crippen molar-refractivity contribution in [3.63, 3.8) is 0 Å². The van der Waals surface area contributed by atoms with Crippen LogP contribution in [0.15, 0.2) is 18.2 Å². The largest absolute Gasteiger partial charge is 0.497 e. The number of methoxy groups -OCH3 is 1. The Bertz CT molecular complexity index is 510. The highest BCUT2D eigenvalue weighted by Crippen LogP contribution is 2.39. The first-order valence-electron chi connectivity index (χ1n) is 8.21. The van der Waals surface area contributed by atoms with Gasteiger partial charge in [0.15, 0.2) is 0 Å². The van der Waals surface area contributed by atoms with E-state index in [0.29, 0.717) is 0 Å². The molecule has 1 atom stereocenters. The lowest BCUT2D eigenvalue weighted by Crippen LogP contribution is -2.61. The summed E-state index contributed by atoms with van der Waals surface area (Å²) in [7, 11) is 1.73. The van der Waals surface area contributed by atoms with E-state index in [1.165, 1.54) is 11.1 Å². The van der Waals surface area contributed by atoms with Crippen LogP contribution in [0.4, 0.5) is 0 Å². The monoisotopic (exact) mass is 289 g/mol. The minimum absolute atomic E-state index is 0.00855. The average molecular weight is 289 g/mol. The molecular weight excluding hydrogens is 262 g/mol. The van der Waals surface area contributed by atoms with Gasteiger partial charge in [-0.25, -0.2) is 0 Å². The highest BCUT2D eigenvalue weighted by Gasteiger charge is 2.45. The highest BCUT2D eigenvalue weighted by atomic mass is 16.5. The Kier molecular flexibility index (Phi) is 3.98. The summed E-state index contributed by atoms with van der Waals surface area (Å²) in [5.74, 6) is 0.951. The summed E-state index contributed by atoms with van der Waals surface area (Å²) in [4.78, 5) is 0. The molecule has 0 aromatic heterocycles. The van der Waals surface area contributed by atoms with Crippen LogP contribution in [0.1, 0.15) is 44.2 Å². The number of rotatable bonds is 3. The fourth-order valence-electron chi connectivity index (χ4n) is 3.87. The lowest BCUT2D eigenvalue weighted by atomic mass is 9.77. The molecule has 1 aromatic rings. The maximum absolute atomic E-state index is 6.73. The van der Waals surface area contributed by atoms with Crippen LogP contribution in [-0.2, 0) is 17.6 Å². The molecule has 1 aliphatic heterocycles. The first-order chi connectivity index (χ1) is 10.1. The van der Waals surface area contributed by atoms with Crippen molar-refractivity contribution in [3.05, 3.63) is 29.3 Å². The van der Waals surface area contributed by atoms with Crippen LogP contribution in [0.5, 0.6) is 5.75 Å². The predicted molar refractivity (Wildman–Crippen MR) is 85.0 cm³/mol. The summed E-state index contributed by atoms with van der Waals surface area (Å²) < 4.78 is 12.1. The molecule has 1 unspecified atom stereocenters. The number of benzene rings is 1. The Labute approximate surface area is 128 Å². The minimum atomic E-state index is -0.0381. The van der Waals surface area contributed by atoms with Crippen LogP contribution in [0.3, 0.4) is 0 Å². The van der Waals surface area contributed by atoms with Crippen LogP contribution >= 0.6 is 0 Å². The van der Waals surface area contributed by atoms with Gasteiger partial charge in [0.05, 0.1) is 18.3 Å². The molecule has 21 heavy (non-hydrogen) atoms. The van der Waals surface area contributed by atoms with Crippen molar-refractivity contribution in [2.45, 2.75) is 57.2 Å². The zero-order chi connectivity index (χ0) is 14.9. The number of morpholine rings is 1. The third-order valence-corrected chi connectivity index (χ3v) is 5.39. The third-order valence-electron chi connectivity index (χ3n) is 5.39. The van der Waals surface area contributed by atoms with E-state index in [0.717, 1.165) is 50.9 Å². The zero-order valence-electron chi connectivity index (χ0n) is 13.5. The van der Waals surface area contributed by atoms with E-state index in [4.69, 9.17) is 9.47 Å². The van der Waals surface area contributed by atoms with Crippen molar-refractivity contribution in [2.24, 2.45) is 0 Å². The first kappa shape index (κ1) is 14.9. The van der Waals surface area contributed by atoms with Crippen LogP contribution in [0.25, 0.3) is 0 Å². The lowest BCUT2D eigenvalue weighted by Gasteiger charge is -2.50. The fraction of sp³-hybridized carbons (Fsp3) is 0.667. The van der Waals surface area contributed by atoms with Gasteiger partial charge in [-0.2, -0.15) is 0 Å². The smallest absolute Gasteiger partial charge is 0.119 e. The molecule has 1 saturated heterocycles. The Morgan fingerprint density at radius 2 is 2.00 bits per heavy atom. The molecule has 1 aromatic carbocycles. The van der Waals surface area contributed by atoms with Gasteiger partial charge in [0.25, 0.3) is 0 Å². The van der Waals surface area contributed by atoms with Crippen molar-refractivity contribution >= 4 is 0 Å². The van der Waals surface area contributed by atoms with E-state index in [1.54, 1.807) is 7.11 Å². The summed E-state index contributed by atoms with van der Waals surface area (Å²) in [5, 5.41) is 3.64. The van der Waals surface area contributed by atoms with Gasteiger partial charge < -0.3 is 14.8 Å². The Hall–Kier alpha value is -1.06. The fourth-order valence-corrected chi connectivity index (χ4v) is 3.87. The van der Waals surface area contributed by atoms with Crippen LogP contribution < -0.4 is 10.1 Å². The minimum Gasteiger partial charge on any atom is -0.497 e. The molecule has 3 heteroatoms. The normalized spacial score (nSPS) is 27.4. The molecule has 1 spiro atoms. The summed E-state index contributed by atoms with van der Waals surface area (Å²) in [5.41, 5.74) is 2.82. The van der Waals surface area contributed by atoms with Crippen molar-refractivity contribution < 1.29 is 9.47 Å². The van der Waals surface area contributed by atoms with Gasteiger partial charge in [0.1, 0.15) is 5.75 Å².